The molecule has 3 rings (SSSR count). The van der Waals surface area contributed by atoms with Crippen molar-refractivity contribution in [2.75, 3.05) is 37.4 Å². The van der Waals surface area contributed by atoms with Crippen molar-refractivity contribution in [1.29, 1.82) is 0 Å². The SMILES string of the molecule is CN(CCOc1ccccc1Cl)C(=O)CN1C(=O)CSc2ccccc21. The minimum absolute atomic E-state index is 0.0268. The Morgan fingerprint density at radius 3 is 2.77 bits per heavy atom. The van der Waals surface area contributed by atoms with E-state index in [-0.39, 0.29) is 18.4 Å². The predicted octanol–water partition coefficient (Wildman–Crippen LogP) is 3.32. The van der Waals surface area contributed by atoms with Gasteiger partial charge in [-0.2, -0.15) is 0 Å². The van der Waals surface area contributed by atoms with Crippen molar-refractivity contribution in [3.63, 3.8) is 0 Å². The number of carbonyl (C=O) groups is 2. The molecule has 0 N–H and O–H groups in total. The van der Waals surface area contributed by atoms with E-state index in [0.717, 1.165) is 10.6 Å². The molecule has 2 amide bonds. The largest absolute Gasteiger partial charge is 0.490 e. The molecule has 7 heteroatoms. The van der Waals surface area contributed by atoms with Crippen molar-refractivity contribution in [2.45, 2.75) is 4.90 Å². The predicted molar refractivity (Wildman–Crippen MR) is 104 cm³/mol. The van der Waals surface area contributed by atoms with Crippen molar-refractivity contribution in [3.8, 4) is 5.75 Å². The molecule has 136 valence electrons. The van der Waals surface area contributed by atoms with Gasteiger partial charge in [-0.05, 0) is 24.3 Å². The topological polar surface area (TPSA) is 49.9 Å². The van der Waals surface area contributed by atoms with Gasteiger partial charge in [0.2, 0.25) is 11.8 Å². The van der Waals surface area contributed by atoms with E-state index in [4.69, 9.17) is 16.3 Å². The van der Waals surface area contributed by atoms with E-state index in [0.29, 0.717) is 29.7 Å². The van der Waals surface area contributed by atoms with Crippen LogP contribution in [-0.4, -0.2) is 49.2 Å². The summed E-state index contributed by atoms with van der Waals surface area (Å²) < 4.78 is 5.62. The minimum Gasteiger partial charge on any atom is -0.490 e. The molecule has 2 aromatic carbocycles. The van der Waals surface area contributed by atoms with Crippen molar-refractivity contribution < 1.29 is 14.3 Å². The summed E-state index contributed by atoms with van der Waals surface area (Å²) in [6.07, 6.45) is 0. The fourth-order valence-electron chi connectivity index (χ4n) is 2.56. The zero-order chi connectivity index (χ0) is 18.5. The summed E-state index contributed by atoms with van der Waals surface area (Å²) in [5.41, 5.74) is 0.794. The van der Waals surface area contributed by atoms with Crippen LogP contribution in [0.25, 0.3) is 0 Å². The monoisotopic (exact) mass is 390 g/mol. The Morgan fingerprint density at radius 2 is 1.96 bits per heavy atom. The summed E-state index contributed by atoms with van der Waals surface area (Å²) in [7, 11) is 1.70. The Balaban J connectivity index is 1.56. The smallest absolute Gasteiger partial charge is 0.242 e. The zero-order valence-electron chi connectivity index (χ0n) is 14.4. The van der Waals surface area contributed by atoms with Crippen molar-refractivity contribution >= 4 is 40.9 Å². The number of rotatable bonds is 6. The second-order valence-electron chi connectivity index (χ2n) is 5.83. The van der Waals surface area contributed by atoms with Crippen LogP contribution in [0.1, 0.15) is 0 Å². The second-order valence-corrected chi connectivity index (χ2v) is 7.25. The van der Waals surface area contributed by atoms with Gasteiger partial charge in [0.05, 0.1) is 23.0 Å². The minimum atomic E-state index is -0.136. The first kappa shape index (κ1) is 18.6. The number of amides is 2. The number of fused-ring (bicyclic) bond motifs is 1. The number of ether oxygens (including phenoxy) is 1. The highest BCUT2D eigenvalue weighted by Crippen LogP contribution is 2.34. The molecule has 0 aromatic heterocycles. The summed E-state index contributed by atoms with van der Waals surface area (Å²) in [5.74, 6) is 0.752. The first-order valence-corrected chi connectivity index (χ1v) is 9.56. The molecule has 5 nitrogen and oxygen atoms in total. The van der Waals surface area contributed by atoms with Crippen LogP contribution < -0.4 is 9.64 Å². The molecule has 0 fully saturated rings. The highest BCUT2D eigenvalue weighted by Gasteiger charge is 2.27. The van der Waals surface area contributed by atoms with Crippen LogP contribution in [0.5, 0.6) is 5.75 Å². The van der Waals surface area contributed by atoms with E-state index < -0.39 is 0 Å². The van der Waals surface area contributed by atoms with Gasteiger partial charge in [-0.15, -0.1) is 11.8 Å². The molecule has 0 spiro atoms. The number of benzene rings is 2. The van der Waals surface area contributed by atoms with Gasteiger partial charge in [-0.1, -0.05) is 35.9 Å². The Morgan fingerprint density at radius 1 is 1.23 bits per heavy atom. The lowest BCUT2D eigenvalue weighted by Gasteiger charge is -2.30. The molecular weight excluding hydrogens is 372 g/mol. The third-order valence-electron chi connectivity index (χ3n) is 4.05. The Bertz CT molecular complexity index is 815. The van der Waals surface area contributed by atoms with Crippen LogP contribution in [0.4, 0.5) is 5.69 Å². The summed E-state index contributed by atoms with van der Waals surface area (Å²) >= 11 is 7.54. The standard InChI is InChI=1S/C19H19ClN2O3S/c1-21(10-11-25-16-8-4-2-6-14(16)20)18(23)12-22-15-7-3-5-9-17(15)26-13-19(22)24/h2-9H,10-13H2,1H3. The molecule has 0 aliphatic carbocycles. The summed E-state index contributed by atoms with van der Waals surface area (Å²) in [4.78, 5) is 28.9. The van der Waals surface area contributed by atoms with E-state index >= 15 is 0 Å². The fraction of sp³-hybridized carbons (Fsp3) is 0.263. The van der Waals surface area contributed by atoms with Crippen LogP contribution in [0, 0.1) is 0 Å². The third kappa shape index (κ3) is 4.31. The van der Waals surface area contributed by atoms with E-state index in [1.807, 2.05) is 36.4 Å². The lowest BCUT2D eigenvalue weighted by atomic mass is 10.2. The molecule has 26 heavy (non-hydrogen) atoms. The van der Waals surface area contributed by atoms with Crippen LogP contribution in [-0.2, 0) is 9.59 Å². The molecule has 0 radical (unpaired) electrons. The number of nitrogens with zero attached hydrogens (tertiary/aromatic N) is 2. The number of halogens is 1. The van der Waals surface area contributed by atoms with Crippen molar-refractivity contribution in [1.82, 2.24) is 4.90 Å². The van der Waals surface area contributed by atoms with Gasteiger partial charge in [0, 0.05) is 11.9 Å². The molecule has 0 unspecified atom stereocenters. The molecule has 0 atom stereocenters. The number of hydrogen-bond acceptors (Lipinski definition) is 4. The number of likely N-dealkylation sites (N-methyl/N-ethyl adjacent to an activating group) is 1. The van der Waals surface area contributed by atoms with Gasteiger partial charge in [-0.25, -0.2) is 0 Å². The number of carbonyl (C=O) groups excluding carboxylic acids is 2. The number of hydrogen-bond donors (Lipinski definition) is 0. The van der Waals surface area contributed by atoms with Crippen LogP contribution in [0.2, 0.25) is 5.02 Å². The Hall–Kier alpha value is -2.18. The highest BCUT2D eigenvalue weighted by molar-refractivity contribution is 8.00. The van der Waals surface area contributed by atoms with Crippen molar-refractivity contribution in [3.05, 3.63) is 53.6 Å². The molecule has 1 aliphatic heterocycles. The second kappa shape index (κ2) is 8.47. The molecule has 0 bridgehead atoms. The van der Waals surface area contributed by atoms with Crippen LogP contribution in [0.15, 0.2) is 53.4 Å². The normalized spacial score (nSPS) is 13.3. The molecular formula is C19H19ClN2O3S. The van der Waals surface area contributed by atoms with Gasteiger partial charge in [0.25, 0.3) is 0 Å². The quantitative estimate of drug-likeness (QED) is 0.759. The average molecular weight is 391 g/mol. The van der Waals surface area contributed by atoms with E-state index in [1.54, 1.807) is 29.0 Å². The molecule has 0 saturated heterocycles. The summed E-state index contributed by atoms with van der Waals surface area (Å²) in [6.45, 7) is 0.758. The van der Waals surface area contributed by atoms with E-state index in [1.165, 1.54) is 11.8 Å². The first-order valence-electron chi connectivity index (χ1n) is 8.20. The molecule has 0 saturated carbocycles. The van der Waals surface area contributed by atoms with Gasteiger partial charge < -0.3 is 14.5 Å². The highest BCUT2D eigenvalue weighted by atomic mass is 35.5. The maximum absolute atomic E-state index is 12.5. The number of thioether (sulfide) groups is 1. The third-order valence-corrected chi connectivity index (χ3v) is 5.41. The zero-order valence-corrected chi connectivity index (χ0v) is 15.9. The summed E-state index contributed by atoms with van der Waals surface area (Å²) in [6, 6.07) is 14.8. The van der Waals surface area contributed by atoms with E-state index in [9.17, 15) is 9.59 Å². The van der Waals surface area contributed by atoms with E-state index in [2.05, 4.69) is 0 Å². The lowest BCUT2D eigenvalue weighted by Crippen LogP contribution is -2.44. The summed E-state index contributed by atoms with van der Waals surface area (Å²) in [5, 5.41) is 0.537. The maximum Gasteiger partial charge on any atom is 0.242 e. The molecule has 1 heterocycles. The lowest BCUT2D eigenvalue weighted by molar-refractivity contribution is -0.130. The first-order chi connectivity index (χ1) is 12.6. The molecule has 2 aromatic rings. The molecule has 1 aliphatic rings. The van der Waals surface area contributed by atoms with Crippen LogP contribution >= 0.6 is 23.4 Å². The van der Waals surface area contributed by atoms with Gasteiger partial charge in [0.1, 0.15) is 18.9 Å². The van der Waals surface area contributed by atoms with Gasteiger partial charge >= 0.3 is 0 Å². The number of para-hydroxylation sites is 2. The van der Waals surface area contributed by atoms with Gasteiger partial charge in [-0.3, -0.25) is 9.59 Å². The average Bonchev–Trinajstić information content (AvgIpc) is 2.65. The fourth-order valence-corrected chi connectivity index (χ4v) is 3.69. The van der Waals surface area contributed by atoms with Gasteiger partial charge in [0.15, 0.2) is 0 Å². The van der Waals surface area contributed by atoms with Crippen LogP contribution in [0.3, 0.4) is 0 Å². The number of anilines is 1. The Labute approximate surface area is 161 Å². The maximum atomic E-state index is 12.5. The van der Waals surface area contributed by atoms with Crippen molar-refractivity contribution in [2.24, 2.45) is 0 Å². The Kier molecular flexibility index (Phi) is 6.06.